The highest BCUT2D eigenvalue weighted by Crippen LogP contribution is 2.18. The van der Waals surface area contributed by atoms with Crippen LogP contribution in [0.1, 0.15) is 0 Å². The number of nitrogens with zero attached hydrogens (tertiary/aromatic N) is 2. The summed E-state index contributed by atoms with van der Waals surface area (Å²) in [6, 6.07) is 17.4. The molecule has 0 saturated heterocycles. The number of urea groups is 1. The number of benzene rings is 2. The van der Waals surface area contributed by atoms with Crippen molar-refractivity contribution in [3.8, 4) is 11.5 Å². The van der Waals surface area contributed by atoms with E-state index in [2.05, 4.69) is 22.3 Å². The number of amides is 2. The molecule has 0 unspecified atom stereocenters. The van der Waals surface area contributed by atoms with Gasteiger partial charge in [-0.3, -0.25) is 0 Å². The summed E-state index contributed by atoms with van der Waals surface area (Å²) in [6.07, 6.45) is 0. The number of nitrogens with one attached hydrogen (secondary N) is 1. The zero-order valence-corrected chi connectivity index (χ0v) is 15.6. The monoisotopic (exact) mass is 357 g/mol. The summed E-state index contributed by atoms with van der Waals surface area (Å²) < 4.78 is 10.8. The first kappa shape index (κ1) is 19.4. The Labute approximate surface area is 155 Å². The number of ether oxygens (including phenoxy) is 2. The molecule has 2 aromatic carbocycles. The van der Waals surface area contributed by atoms with Crippen molar-refractivity contribution < 1.29 is 14.3 Å². The fourth-order valence-corrected chi connectivity index (χ4v) is 2.37. The van der Waals surface area contributed by atoms with Crippen LogP contribution in [-0.2, 0) is 0 Å². The van der Waals surface area contributed by atoms with Crippen molar-refractivity contribution in [3.63, 3.8) is 0 Å². The highest BCUT2D eigenvalue weighted by atomic mass is 16.5. The van der Waals surface area contributed by atoms with Crippen molar-refractivity contribution in [2.75, 3.05) is 52.3 Å². The molecule has 0 aliphatic rings. The first-order chi connectivity index (χ1) is 12.6. The molecule has 1 N–H and O–H groups in total. The maximum Gasteiger partial charge on any atom is 0.317 e. The van der Waals surface area contributed by atoms with E-state index in [1.165, 1.54) is 0 Å². The Morgan fingerprint density at radius 2 is 1.73 bits per heavy atom. The van der Waals surface area contributed by atoms with E-state index in [1.807, 2.05) is 49.5 Å². The van der Waals surface area contributed by atoms with Gasteiger partial charge in [-0.1, -0.05) is 24.3 Å². The zero-order chi connectivity index (χ0) is 18.8. The number of hydrogen-bond acceptors (Lipinski definition) is 4. The van der Waals surface area contributed by atoms with E-state index >= 15 is 0 Å². The van der Waals surface area contributed by atoms with E-state index in [0.717, 1.165) is 23.7 Å². The van der Waals surface area contributed by atoms with E-state index in [9.17, 15) is 4.79 Å². The third-order valence-corrected chi connectivity index (χ3v) is 4.00. The van der Waals surface area contributed by atoms with Gasteiger partial charge in [-0.05, 0) is 24.3 Å². The van der Waals surface area contributed by atoms with Crippen molar-refractivity contribution in [2.45, 2.75) is 0 Å². The lowest BCUT2D eigenvalue weighted by atomic mass is 10.3. The molecule has 0 radical (unpaired) electrons. The number of rotatable bonds is 9. The molecule has 2 rings (SSSR count). The van der Waals surface area contributed by atoms with Gasteiger partial charge >= 0.3 is 6.03 Å². The lowest BCUT2D eigenvalue weighted by Crippen LogP contribution is -2.42. The normalized spacial score (nSPS) is 10.1. The lowest BCUT2D eigenvalue weighted by molar-refractivity contribution is 0.206. The standard InChI is InChI=1S/C20H27N3O3/c1-22(17-8-5-4-6-9-17)13-14-23(2)20(24)21-12-15-26-19-11-7-10-18(16-19)25-3/h4-11,16H,12-15H2,1-3H3,(H,21,24). The SMILES string of the molecule is COc1cccc(OCCNC(=O)N(C)CCN(C)c2ccccc2)c1. The van der Waals surface area contributed by atoms with Crippen LogP contribution < -0.4 is 19.7 Å². The molecule has 0 fully saturated rings. The van der Waals surface area contributed by atoms with Crippen LogP contribution in [0, 0.1) is 0 Å². The molecule has 2 amide bonds. The number of para-hydroxylation sites is 1. The molecule has 6 nitrogen and oxygen atoms in total. The van der Waals surface area contributed by atoms with Gasteiger partial charge in [0, 0.05) is 38.9 Å². The average Bonchev–Trinajstić information content (AvgIpc) is 2.69. The van der Waals surface area contributed by atoms with Crippen LogP contribution in [-0.4, -0.2) is 58.4 Å². The Morgan fingerprint density at radius 1 is 1.00 bits per heavy atom. The van der Waals surface area contributed by atoms with Crippen molar-refractivity contribution in [2.24, 2.45) is 0 Å². The van der Waals surface area contributed by atoms with Crippen molar-refractivity contribution in [1.82, 2.24) is 10.2 Å². The Kier molecular flexibility index (Phi) is 7.61. The van der Waals surface area contributed by atoms with Crippen LogP contribution in [0.25, 0.3) is 0 Å². The fraction of sp³-hybridized carbons (Fsp3) is 0.350. The maximum absolute atomic E-state index is 12.1. The molecule has 2 aromatic rings. The summed E-state index contributed by atoms with van der Waals surface area (Å²) in [7, 11) is 5.42. The first-order valence-corrected chi connectivity index (χ1v) is 8.62. The lowest BCUT2D eigenvalue weighted by Gasteiger charge is -2.24. The highest BCUT2D eigenvalue weighted by Gasteiger charge is 2.09. The average molecular weight is 357 g/mol. The number of carbonyl (C=O) groups is 1. The largest absolute Gasteiger partial charge is 0.497 e. The van der Waals surface area contributed by atoms with Gasteiger partial charge < -0.3 is 24.6 Å². The number of anilines is 1. The second kappa shape index (κ2) is 10.2. The predicted molar refractivity (Wildman–Crippen MR) is 104 cm³/mol. The Hall–Kier alpha value is -2.89. The molecule has 0 aromatic heterocycles. The van der Waals surface area contributed by atoms with E-state index in [-0.39, 0.29) is 6.03 Å². The van der Waals surface area contributed by atoms with Crippen LogP contribution in [0.4, 0.5) is 10.5 Å². The van der Waals surface area contributed by atoms with Crippen molar-refractivity contribution in [1.29, 1.82) is 0 Å². The Morgan fingerprint density at radius 3 is 2.46 bits per heavy atom. The summed E-state index contributed by atoms with van der Waals surface area (Å²) >= 11 is 0. The summed E-state index contributed by atoms with van der Waals surface area (Å²) in [6.45, 7) is 2.23. The number of carbonyl (C=O) groups excluding carboxylic acids is 1. The Balaban J connectivity index is 1.65. The second-order valence-electron chi connectivity index (χ2n) is 5.94. The van der Waals surface area contributed by atoms with E-state index < -0.39 is 0 Å². The van der Waals surface area contributed by atoms with Crippen molar-refractivity contribution >= 4 is 11.7 Å². The molecule has 0 spiro atoms. The number of likely N-dealkylation sites (N-methyl/N-ethyl adjacent to an activating group) is 2. The summed E-state index contributed by atoms with van der Waals surface area (Å²) in [4.78, 5) is 15.9. The van der Waals surface area contributed by atoms with Crippen LogP contribution in [0.2, 0.25) is 0 Å². The molecular formula is C20H27N3O3. The molecule has 0 heterocycles. The molecule has 0 saturated carbocycles. The topological polar surface area (TPSA) is 54.0 Å². The molecule has 6 heteroatoms. The van der Waals surface area contributed by atoms with Gasteiger partial charge in [-0.2, -0.15) is 0 Å². The quantitative estimate of drug-likeness (QED) is 0.701. The smallest absolute Gasteiger partial charge is 0.317 e. The predicted octanol–water partition coefficient (Wildman–Crippen LogP) is 2.85. The van der Waals surface area contributed by atoms with Crippen LogP contribution >= 0.6 is 0 Å². The van der Waals surface area contributed by atoms with Gasteiger partial charge in [0.15, 0.2) is 0 Å². The Bertz CT molecular complexity index is 679. The fourth-order valence-electron chi connectivity index (χ4n) is 2.37. The number of methoxy groups -OCH3 is 1. The van der Waals surface area contributed by atoms with Crippen LogP contribution in [0.3, 0.4) is 0 Å². The van der Waals surface area contributed by atoms with Gasteiger partial charge in [-0.15, -0.1) is 0 Å². The van der Waals surface area contributed by atoms with Crippen LogP contribution in [0.5, 0.6) is 11.5 Å². The molecule has 0 atom stereocenters. The summed E-state index contributed by atoms with van der Waals surface area (Å²) in [5, 5.41) is 2.86. The molecule has 0 bridgehead atoms. The third-order valence-electron chi connectivity index (χ3n) is 4.00. The minimum atomic E-state index is -0.110. The zero-order valence-electron chi connectivity index (χ0n) is 15.6. The maximum atomic E-state index is 12.1. The van der Waals surface area contributed by atoms with E-state index in [4.69, 9.17) is 9.47 Å². The minimum Gasteiger partial charge on any atom is -0.497 e. The van der Waals surface area contributed by atoms with Crippen LogP contribution in [0.15, 0.2) is 54.6 Å². The van der Waals surface area contributed by atoms with E-state index in [1.54, 1.807) is 19.1 Å². The highest BCUT2D eigenvalue weighted by molar-refractivity contribution is 5.73. The molecule has 26 heavy (non-hydrogen) atoms. The molecule has 140 valence electrons. The van der Waals surface area contributed by atoms with Gasteiger partial charge in [0.2, 0.25) is 0 Å². The number of hydrogen-bond donors (Lipinski definition) is 1. The summed E-state index contributed by atoms with van der Waals surface area (Å²) in [5.74, 6) is 1.46. The van der Waals surface area contributed by atoms with Gasteiger partial charge in [0.1, 0.15) is 18.1 Å². The molecule has 0 aliphatic heterocycles. The first-order valence-electron chi connectivity index (χ1n) is 8.62. The molecular weight excluding hydrogens is 330 g/mol. The third kappa shape index (κ3) is 6.20. The van der Waals surface area contributed by atoms with Gasteiger partial charge in [0.05, 0.1) is 13.7 Å². The van der Waals surface area contributed by atoms with Crippen molar-refractivity contribution in [3.05, 3.63) is 54.6 Å². The summed E-state index contributed by atoms with van der Waals surface area (Å²) in [5.41, 5.74) is 1.13. The van der Waals surface area contributed by atoms with Gasteiger partial charge in [0.25, 0.3) is 0 Å². The minimum absolute atomic E-state index is 0.110. The van der Waals surface area contributed by atoms with E-state index in [0.29, 0.717) is 19.7 Å². The molecule has 0 aliphatic carbocycles. The second-order valence-corrected chi connectivity index (χ2v) is 5.94. The van der Waals surface area contributed by atoms with Gasteiger partial charge in [-0.25, -0.2) is 4.79 Å².